The third kappa shape index (κ3) is 5.19. The van der Waals surface area contributed by atoms with Crippen LogP contribution in [0.15, 0.2) is 24.3 Å². The fraction of sp³-hybridized carbons (Fsp3) is 0.500. The van der Waals surface area contributed by atoms with Gasteiger partial charge in [-0.05, 0) is 18.2 Å². The molecule has 0 aromatic heterocycles. The molecule has 1 aromatic carbocycles. The van der Waals surface area contributed by atoms with E-state index in [9.17, 15) is 8.42 Å². The SMILES string of the molecule is CCN(CCS(C)(=O)=O)Cc1ccccc1N. The van der Waals surface area contributed by atoms with E-state index in [1.54, 1.807) is 0 Å². The average molecular weight is 256 g/mol. The molecule has 1 rings (SSSR count). The second-order valence-electron chi connectivity index (χ2n) is 4.20. The highest BCUT2D eigenvalue weighted by molar-refractivity contribution is 7.90. The van der Waals surface area contributed by atoms with Crippen molar-refractivity contribution in [1.82, 2.24) is 4.90 Å². The topological polar surface area (TPSA) is 63.4 Å². The first kappa shape index (κ1) is 14.0. The molecule has 0 aliphatic rings. The van der Waals surface area contributed by atoms with Gasteiger partial charge in [-0.2, -0.15) is 0 Å². The monoisotopic (exact) mass is 256 g/mol. The van der Waals surface area contributed by atoms with Crippen LogP contribution in [0.25, 0.3) is 0 Å². The maximum atomic E-state index is 11.1. The Labute approximate surface area is 103 Å². The molecule has 0 radical (unpaired) electrons. The largest absolute Gasteiger partial charge is 0.398 e. The molecule has 96 valence electrons. The lowest BCUT2D eigenvalue weighted by Gasteiger charge is -2.20. The standard InChI is InChI=1S/C12H20N2O2S/c1-3-14(8-9-17(2,15)16)10-11-6-4-5-7-12(11)13/h4-7H,3,8-10,13H2,1-2H3. The second kappa shape index (κ2) is 6.02. The van der Waals surface area contributed by atoms with Gasteiger partial charge < -0.3 is 5.73 Å². The molecule has 17 heavy (non-hydrogen) atoms. The van der Waals surface area contributed by atoms with Crippen LogP contribution in [0.2, 0.25) is 0 Å². The summed E-state index contributed by atoms with van der Waals surface area (Å²) in [6, 6.07) is 7.67. The number of nitrogens with two attached hydrogens (primary N) is 1. The number of hydrogen-bond donors (Lipinski definition) is 1. The highest BCUT2D eigenvalue weighted by Crippen LogP contribution is 2.13. The molecule has 0 atom stereocenters. The van der Waals surface area contributed by atoms with E-state index in [1.165, 1.54) is 6.26 Å². The molecule has 4 nitrogen and oxygen atoms in total. The van der Waals surface area contributed by atoms with Gasteiger partial charge >= 0.3 is 0 Å². The van der Waals surface area contributed by atoms with Gasteiger partial charge in [0.05, 0.1) is 5.75 Å². The van der Waals surface area contributed by atoms with Gasteiger partial charge in [-0.1, -0.05) is 25.1 Å². The number of benzene rings is 1. The van der Waals surface area contributed by atoms with E-state index < -0.39 is 9.84 Å². The number of sulfone groups is 1. The molecule has 0 aliphatic carbocycles. The molecule has 2 N–H and O–H groups in total. The molecule has 0 unspecified atom stereocenters. The number of hydrogen-bond acceptors (Lipinski definition) is 4. The van der Waals surface area contributed by atoms with Crippen molar-refractivity contribution in [2.45, 2.75) is 13.5 Å². The average Bonchev–Trinajstić information content (AvgIpc) is 2.25. The summed E-state index contributed by atoms with van der Waals surface area (Å²) in [6.45, 7) is 4.06. The summed E-state index contributed by atoms with van der Waals surface area (Å²) in [4.78, 5) is 2.08. The van der Waals surface area contributed by atoms with Crippen molar-refractivity contribution in [2.75, 3.05) is 30.8 Å². The van der Waals surface area contributed by atoms with Gasteiger partial charge in [0.2, 0.25) is 0 Å². The zero-order chi connectivity index (χ0) is 12.9. The first-order valence-corrected chi connectivity index (χ1v) is 7.72. The van der Waals surface area contributed by atoms with Gasteiger partial charge in [0, 0.05) is 25.0 Å². The van der Waals surface area contributed by atoms with E-state index in [0.29, 0.717) is 13.1 Å². The van der Waals surface area contributed by atoms with Gasteiger partial charge in [0.15, 0.2) is 0 Å². The lowest BCUT2D eigenvalue weighted by Crippen LogP contribution is -2.28. The van der Waals surface area contributed by atoms with Crippen molar-refractivity contribution in [3.63, 3.8) is 0 Å². The van der Waals surface area contributed by atoms with Crippen LogP contribution in [0.3, 0.4) is 0 Å². The minimum atomic E-state index is -2.90. The van der Waals surface area contributed by atoms with Crippen molar-refractivity contribution in [3.8, 4) is 0 Å². The van der Waals surface area contributed by atoms with E-state index in [4.69, 9.17) is 5.73 Å². The van der Waals surface area contributed by atoms with Crippen LogP contribution in [0.1, 0.15) is 12.5 Å². The van der Waals surface area contributed by atoms with Crippen LogP contribution >= 0.6 is 0 Å². The Bertz CT molecular complexity index is 457. The minimum absolute atomic E-state index is 0.188. The van der Waals surface area contributed by atoms with Gasteiger partial charge in [-0.15, -0.1) is 0 Å². The number of anilines is 1. The first-order chi connectivity index (χ1) is 7.92. The first-order valence-electron chi connectivity index (χ1n) is 5.66. The zero-order valence-electron chi connectivity index (χ0n) is 10.4. The summed E-state index contributed by atoms with van der Waals surface area (Å²) < 4.78 is 22.2. The zero-order valence-corrected chi connectivity index (χ0v) is 11.2. The minimum Gasteiger partial charge on any atom is -0.398 e. The van der Waals surface area contributed by atoms with Crippen LogP contribution in [0.4, 0.5) is 5.69 Å². The molecule has 0 amide bonds. The number of nitrogen functional groups attached to an aromatic ring is 1. The Morgan fingerprint density at radius 1 is 1.29 bits per heavy atom. The number of nitrogens with zero attached hydrogens (tertiary/aromatic N) is 1. The number of para-hydroxylation sites is 1. The Balaban J connectivity index is 2.61. The van der Waals surface area contributed by atoms with Crippen molar-refractivity contribution in [2.24, 2.45) is 0 Å². The summed E-state index contributed by atoms with van der Waals surface area (Å²) >= 11 is 0. The molecule has 0 bridgehead atoms. The van der Waals surface area contributed by atoms with Gasteiger partial charge in [-0.25, -0.2) is 8.42 Å². The quantitative estimate of drug-likeness (QED) is 0.775. The fourth-order valence-corrected chi connectivity index (χ4v) is 2.15. The van der Waals surface area contributed by atoms with E-state index >= 15 is 0 Å². The fourth-order valence-electron chi connectivity index (χ4n) is 1.56. The summed E-state index contributed by atoms with van der Waals surface area (Å²) in [5, 5.41) is 0. The molecule has 0 spiro atoms. The van der Waals surface area contributed by atoms with Crippen molar-refractivity contribution < 1.29 is 8.42 Å². The Morgan fingerprint density at radius 3 is 2.47 bits per heavy atom. The van der Waals surface area contributed by atoms with Crippen LogP contribution in [0.5, 0.6) is 0 Å². The Morgan fingerprint density at radius 2 is 1.94 bits per heavy atom. The molecule has 5 heteroatoms. The summed E-state index contributed by atoms with van der Waals surface area (Å²) in [5.41, 5.74) is 7.66. The molecular weight excluding hydrogens is 236 g/mol. The van der Waals surface area contributed by atoms with E-state index in [0.717, 1.165) is 17.8 Å². The molecule has 1 aromatic rings. The van der Waals surface area contributed by atoms with Crippen LogP contribution in [-0.4, -0.2) is 38.4 Å². The third-order valence-electron chi connectivity index (χ3n) is 2.67. The lowest BCUT2D eigenvalue weighted by atomic mass is 10.1. The van der Waals surface area contributed by atoms with Crippen LogP contribution in [-0.2, 0) is 16.4 Å². The molecule has 0 heterocycles. The van der Waals surface area contributed by atoms with E-state index in [-0.39, 0.29) is 5.75 Å². The van der Waals surface area contributed by atoms with Crippen molar-refractivity contribution >= 4 is 15.5 Å². The summed E-state index contributed by atoms with van der Waals surface area (Å²) in [7, 11) is -2.90. The molecule has 0 saturated heterocycles. The van der Waals surface area contributed by atoms with Crippen LogP contribution < -0.4 is 5.73 Å². The summed E-state index contributed by atoms with van der Waals surface area (Å²) in [5.74, 6) is 0.188. The molecular formula is C12H20N2O2S. The lowest BCUT2D eigenvalue weighted by molar-refractivity contribution is 0.297. The van der Waals surface area contributed by atoms with Crippen molar-refractivity contribution in [1.29, 1.82) is 0 Å². The number of rotatable bonds is 6. The van der Waals surface area contributed by atoms with Crippen molar-refractivity contribution in [3.05, 3.63) is 29.8 Å². The maximum Gasteiger partial charge on any atom is 0.148 e. The maximum absolute atomic E-state index is 11.1. The third-order valence-corrected chi connectivity index (χ3v) is 3.60. The predicted molar refractivity (Wildman–Crippen MR) is 71.5 cm³/mol. The summed E-state index contributed by atoms with van der Waals surface area (Å²) in [6.07, 6.45) is 1.26. The molecule has 0 saturated carbocycles. The predicted octanol–water partition coefficient (Wildman–Crippen LogP) is 1.14. The highest BCUT2D eigenvalue weighted by atomic mass is 32.2. The smallest absolute Gasteiger partial charge is 0.148 e. The van der Waals surface area contributed by atoms with E-state index in [2.05, 4.69) is 4.90 Å². The van der Waals surface area contributed by atoms with E-state index in [1.807, 2.05) is 31.2 Å². The molecule has 0 fully saturated rings. The molecule has 0 aliphatic heterocycles. The van der Waals surface area contributed by atoms with Gasteiger partial charge in [0.1, 0.15) is 9.84 Å². The Hall–Kier alpha value is -1.07. The van der Waals surface area contributed by atoms with Gasteiger partial charge in [-0.3, -0.25) is 4.90 Å². The van der Waals surface area contributed by atoms with Gasteiger partial charge in [0.25, 0.3) is 0 Å². The normalized spacial score (nSPS) is 11.9. The Kier molecular flexibility index (Phi) is 4.96. The van der Waals surface area contributed by atoms with Crippen LogP contribution in [0, 0.1) is 0 Å². The second-order valence-corrected chi connectivity index (χ2v) is 6.46. The highest BCUT2D eigenvalue weighted by Gasteiger charge is 2.09.